The minimum absolute atomic E-state index is 0.610. The van der Waals surface area contributed by atoms with E-state index in [9.17, 15) is 0 Å². The topological polar surface area (TPSA) is 41.6 Å². The fourth-order valence-electron chi connectivity index (χ4n) is 2.45. The molecule has 2 aromatic heterocycles. The van der Waals surface area contributed by atoms with Gasteiger partial charge < -0.3 is 0 Å². The van der Waals surface area contributed by atoms with E-state index in [1.807, 2.05) is 0 Å². The van der Waals surface area contributed by atoms with E-state index in [4.69, 9.17) is 0 Å². The van der Waals surface area contributed by atoms with Crippen LogP contribution in [0.25, 0.3) is 10.7 Å². The number of aromatic nitrogens is 3. The Morgan fingerprint density at radius 1 is 1.29 bits per heavy atom. The highest BCUT2D eigenvalue weighted by Gasteiger charge is 2.21. The molecule has 0 unspecified atom stereocenters. The first-order chi connectivity index (χ1) is 8.24. The zero-order valence-electron chi connectivity index (χ0n) is 10.3. The summed E-state index contributed by atoms with van der Waals surface area (Å²) in [7, 11) is 0. The van der Waals surface area contributed by atoms with Crippen LogP contribution in [0.4, 0.5) is 0 Å². The molecule has 0 spiro atoms. The maximum atomic E-state index is 4.66. The summed E-state index contributed by atoms with van der Waals surface area (Å²) in [5.74, 6) is 2.56. The van der Waals surface area contributed by atoms with Crippen LogP contribution < -0.4 is 0 Å². The van der Waals surface area contributed by atoms with Crippen molar-refractivity contribution in [2.75, 3.05) is 0 Å². The molecule has 0 bridgehead atoms. The van der Waals surface area contributed by atoms with E-state index in [0.717, 1.165) is 11.6 Å². The van der Waals surface area contributed by atoms with Crippen molar-refractivity contribution in [2.45, 2.75) is 45.4 Å². The number of nitrogens with one attached hydrogen (secondary N) is 1. The van der Waals surface area contributed by atoms with Gasteiger partial charge in [-0.2, -0.15) is 5.10 Å². The van der Waals surface area contributed by atoms with Gasteiger partial charge in [0.25, 0.3) is 0 Å². The molecule has 0 aromatic carbocycles. The molecule has 2 aromatic rings. The molecule has 1 aliphatic rings. The number of nitrogens with zero attached hydrogens (tertiary/aromatic N) is 2. The Morgan fingerprint density at radius 2 is 2.06 bits per heavy atom. The molecule has 0 atom stereocenters. The highest BCUT2D eigenvalue weighted by atomic mass is 32.1. The van der Waals surface area contributed by atoms with Crippen LogP contribution in [0.5, 0.6) is 0 Å². The van der Waals surface area contributed by atoms with E-state index < -0.39 is 0 Å². The Balaban J connectivity index is 1.88. The Kier molecular flexibility index (Phi) is 2.74. The molecule has 90 valence electrons. The summed E-state index contributed by atoms with van der Waals surface area (Å²) in [6.07, 6.45) is 5.18. The normalized spacial score (nSPS) is 16.8. The van der Waals surface area contributed by atoms with Crippen molar-refractivity contribution in [2.24, 2.45) is 0 Å². The van der Waals surface area contributed by atoms with Crippen molar-refractivity contribution >= 4 is 11.3 Å². The molecule has 0 amide bonds. The smallest absolute Gasteiger partial charge is 0.191 e. The molecule has 4 heteroatoms. The lowest BCUT2D eigenvalue weighted by molar-refractivity contribution is 0.672. The van der Waals surface area contributed by atoms with E-state index in [0.29, 0.717) is 5.92 Å². The van der Waals surface area contributed by atoms with Gasteiger partial charge in [0.1, 0.15) is 5.82 Å². The second-order valence-corrected chi connectivity index (χ2v) is 6.13. The van der Waals surface area contributed by atoms with Crippen molar-refractivity contribution in [1.82, 2.24) is 15.2 Å². The molecule has 1 saturated carbocycles. The Morgan fingerprint density at radius 3 is 2.71 bits per heavy atom. The number of aromatic amines is 1. The SMILES string of the molecule is Cc1cc(-c2n[nH]c(C3CCCC3)n2)sc1C. The maximum Gasteiger partial charge on any atom is 0.191 e. The third-order valence-corrected chi connectivity index (χ3v) is 4.78. The summed E-state index contributed by atoms with van der Waals surface area (Å²) < 4.78 is 0. The lowest BCUT2D eigenvalue weighted by atomic mass is 10.1. The summed E-state index contributed by atoms with van der Waals surface area (Å²) in [5.41, 5.74) is 1.33. The lowest BCUT2D eigenvalue weighted by Gasteiger charge is -2.01. The predicted molar refractivity (Wildman–Crippen MR) is 70.4 cm³/mol. The predicted octanol–water partition coefficient (Wildman–Crippen LogP) is 3.81. The maximum absolute atomic E-state index is 4.66. The van der Waals surface area contributed by atoms with Gasteiger partial charge in [0, 0.05) is 10.8 Å². The zero-order chi connectivity index (χ0) is 11.8. The second-order valence-electron chi connectivity index (χ2n) is 4.88. The molecule has 0 saturated heterocycles. The largest absolute Gasteiger partial charge is 0.262 e. The van der Waals surface area contributed by atoms with E-state index in [2.05, 4.69) is 35.1 Å². The van der Waals surface area contributed by atoms with Crippen LogP contribution in [0, 0.1) is 13.8 Å². The number of hydrogen-bond donors (Lipinski definition) is 1. The summed E-state index contributed by atoms with van der Waals surface area (Å²) in [6.45, 7) is 4.29. The van der Waals surface area contributed by atoms with Gasteiger partial charge in [0.15, 0.2) is 5.82 Å². The van der Waals surface area contributed by atoms with Crippen molar-refractivity contribution in [1.29, 1.82) is 0 Å². The van der Waals surface area contributed by atoms with E-state index >= 15 is 0 Å². The summed E-state index contributed by atoms with van der Waals surface area (Å²) in [6, 6.07) is 2.18. The van der Waals surface area contributed by atoms with Crippen molar-refractivity contribution in [3.63, 3.8) is 0 Å². The fraction of sp³-hybridized carbons (Fsp3) is 0.538. The Labute approximate surface area is 105 Å². The average molecular weight is 247 g/mol. The molecule has 2 heterocycles. The van der Waals surface area contributed by atoms with Gasteiger partial charge >= 0.3 is 0 Å². The van der Waals surface area contributed by atoms with Crippen LogP contribution in [0.2, 0.25) is 0 Å². The molecule has 1 aliphatic carbocycles. The lowest BCUT2D eigenvalue weighted by Crippen LogP contribution is -1.94. The first kappa shape index (κ1) is 11.0. The fourth-order valence-corrected chi connectivity index (χ4v) is 3.42. The first-order valence-electron chi connectivity index (χ1n) is 6.24. The van der Waals surface area contributed by atoms with E-state index in [-0.39, 0.29) is 0 Å². The van der Waals surface area contributed by atoms with Crippen LogP contribution in [-0.2, 0) is 0 Å². The second kappa shape index (κ2) is 4.26. The van der Waals surface area contributed by atoms with Gasteiger partial charge in [-0.05, 0) is 38.3 Å². The highest BCUT2D eigenvalue weighted by Crippen LogP contribution is 2.34. The van der Waals surface area contributed by atoms with Crippen LogP contribution in [0.1, 0.15) is 47.9 Å². The third kappa shape index (κ3) is 2.02. The van der Waals surface area contributed by atoms with E-state index in [1.54, 1.807) is 11.3 Å². The molecule has 0 aliphatic heterocycles. The summed E-state index contributed by atoms with van der Waals surface area (Å²) >= 11 is 1.78. The van der Waals surface area contributed by atoms with Gasteiger partial charge in [0.05, 0.1) is 4.88 Å². The Hall–Kier alpha value is -1.16. The molecule has 3 rings (SSSR count). The van der Waals surface area contributed by atoms with Gasteiger partial charge in [-0.15, -0.1) is 11.3 Å². The molecule has 17 heavy (non-hydrogen) atoms. The first-order valence-corrected chi connectivity index (χ1v) is 7.05. The summed E-state index contributed by atoms with van der Waals surface area (Å²) in [4.78, 5) is 7.20. The molecule has 1 fully saturated rings. The standard InChI is InChI=1S/C13H17N3S/c1-8-7-11(17-9(8)2)13-14-12(15-16-13)10-5-3-4-6-10/h7,10H,3-6H2,1-2H3,(H,14,15,16). The quantitative estimate of drug-likeness (QED) is 0.876. The zero-order valence-corrected chi connectivity index (χ0v) is 11.1. The monoisotopic (exact) mass is 247 g/mol. The Bertz CT molecular complexity index is 501. The number of H-pyrrole nitrogens is 1. The van der Waals surface area contributed by atoms with Crippen LogP contribution in [-0.4, -0.2) is 15.2 Å². The number of thiophene rings is 1. The van der Waals surface area contributed by atoms with Crippen molar-refractivity contribution < 1.29 is 0 Å². The van der Waals surface area contributed by atoms with Gasteiger partial charge in [-0.1, -0.05) is 12.8 Å². The molecule has 3 nitrogen and oxygen atoms in total. The minimum Gasteiger partial charge on any atom is -0.262 e. The number of aryl methyl sites for hydroxylation is 2. The van der Waals surface area contributed by atoms with Crippen LogP contribution in [0.3, 0.4) is 0 Å². The third-order valence-electron chi connectivity index (χ3n) is 3.63. The van der Waals surface area contributed by atoms with Gasteiger partial charge in [0.2, 0.25) is 0 Å². The van der Waals surface area contributed by atoms with Gasteiger partial charge in [-0.3, -0.25) is 5.10 Å². The molecule has 1 N–H and O–H groups in total. The number of rotatable bonds is 2. The van der Waals surface area contributed by atoms with Crippen LogP contribution >= 0.6 is 11.3 Å². The molecular weight excluding hydrogens is 230 g/mol. The molecule has 0 radical (unpaired) electrons. The molecular formula is C13H17N3S. The van der Waals surface area contributed by atoms with Crippen LogP contribution in [0.15, 0.2) is 6.07 Å². The minimum atomic E-state index is 0.610. The highest BCUT2D eigenvalue weighted by molar-refractivity contribution is 7.15. The summed E-state index contributed by atoms with van der Waals surface area (Å²) in [5, 5.41) is 7.48. The van der Waals surface area contributed by atoms with Crippen molar-refractivity contribution in [3.8, 4) is 10.7 Å². The van der Waals surface area contributed by atoms with Crippen molar-refractivity contribution in [3.05, 3.63) is 22.3 Å². The average Bonchev–Trinajstić information content (AvgIpc) is 3.00. The van der Waals surface area contributed by atoms with Gasteiger partial charge in [-0.25, -0.2) is 4.98 Å². The van der Waals surface area contributed by atoms with E-state index in [1.165, 1.54) is 41.0 Å². The number of hydrogen-bond acceptors (Lipinski definition) is 3.